The van der Waals surface area contributed by atoms with E-state index in [4.69, 9.17) is 25.2 Å². The van der Waals surface area contributed by atoms with Crippen LogP contribution in [0.25, 0.3) is 0 Å². The van der Waals surface area contributed by atoms with Crippen molar-refractivity contribution in [3.63, 3.8) is 0 Å². The van der Waals surface area contributed by atoms with Crippen LogP contribution in [-0.2, 0) is 29.3 Å². The molecule has 0 spiro atoms. The van der Waals surface area contributed by atoms with Gasteiger partial charge in [-0.15, -0.1) is 0 Å². The highest BCUT2D eigenvalue weighted by atomic mass is 16.5. The minimum atomic E-state index is -2.74. The van der Waals surface area contributed by atoms with Gasteiger partial charge in [0.2, 0.25) is 0 Å². The first kappa shape index (κ1) is 34.3. The Morgan fingerprint density at radius 3 is 1.52 bits per heavy atom. The van der Waals surface area contributed by atoms with Crippen LogP contribution in [0.2, 0.25) is 0 Å². The summed E-state index contributed by atoms with van der Waals surface area (Å²) < 4.78 is 6.01. The third kappa shape index (κ3) is 9.77. The summed E-state index contributed by atoms with van der Waals surface area (Å²) in [6, 6.07) is 19.8. The quantitative estimate of drug-likeness (QED) is 0.251. The molecule has 2 unspecified atom stereocenters. The van der Waals surface area contributed by atoms with E-state index in [0.29, 0.717) is 0 Å². The zero-order valence-electron chi connectivity index (χ0n) is 23.7. The molecular formula is C30H41NO9. The summed E-state index contributed by atoms with van der Waals surface area (Å²) in [7, 11) is 0. The van der Waals surface area contributed by atoms with Crippen LogP contribution in [-0.4, -0.2) is 80.5 Å². The molecule has 220 valence electrons. The molecule has 0 amide bonds. The molecule has 2 atom stereocenters. The standard InChI is InChI=1S/C24H33NO2.C6H8O7/c1-6-25(7-2)18-19(3)20(4)27-23(26)24(5,21-14-10-8-11-15-21)22-16-12-9-13-17-22;7-3(8)1-6(13,5(11)12)2-4(9)10/h8-17,19-20H,6-7,18H2,1-5H3;13H,1-2H2,(H,7,8)(H,9,10)(H,11,12). The van der Waals surface area contributed by atoms with E-state index in [1.807, 2.05) is 74.5 Å². The first-order chi connectivity index (χ1) is 18.7. The fourth-order valence-electron chi connectivity index (χ4n) is 4.10. The highest BCUT2D eigenvalue weighted by molar-refractivity contribution is 5.88. The van der Waals surface area contributed by atoms with Crippen molar-refractivity contribution in [2.75, 3.05) is 19.6 Å². The van der Waals surface area contributed by atoms with Gasteiger partial charge >= 0.3 is 23.9 Å². The number of ether oxygens (including phenoxy) is 1. The number of rotatable bonds is 14. The Bertz CT molecular complexity index is 1050. The third-order valence-electron chi connectivity index (χ3n) is 6.93. The largest absolute Gasteiger partial charge is 0.481 e. The molecule has 2 rings (SSSR count). The van der Waals surface area contributed by atoms with Crippen LogP contribution in [0.4, 0.5) is 0 Å². The van der Waals surface area contributed by atoms with Crippen molar-refractivity contribution >= 4 is 23.9 Å². The summed E-state index contributed by atoms with van der Waals surface area (Å²) in [6.07, 6.45) is -2.44. The molecule has 40 heavy (non-hydrogen) atoms. The van der Waals surface area contributed by atoms with Crippen LogP contribution in [0.5, 0.6) is 0 Å². The normalized spacial score (nSPS) is 13.0. The number of esters is 1. The fraction of sp³-hybridized carbons (Fsp3) is 0.467. The number of carboxylic acid groups (broad SMARTS) is 3. The zero-order valence-corrected chi connectivity index (χ0v) is 23.7. The maximum Gasteiger partial charge on any atom is 0.336 e. The fourth-order valence-corrected chi connectivity index (χ4v) is 4.10. The smallest absolute Gasteiger partial charge is 0.336 e. The molecule has 0 saturated heterocycles. The maximum atomic E-state index is 13.4. The van der Waals surface area contributed by atoms with Gasteiger partial charge in [0.25, 0.3) is 0 Å². The van der Waals surface area contributed by atoms with E-state index < -0.39 is 41.8 Å². The maximum absolute atomic E-state index is 13.4. The average molecular weight is 560 g/mol. The first-order valence-corrected chi connectivity index (χ1v) is 13.1. The summed E-state index contributed by atoms with van der Waals surface area (Å²) in [5.41, 5.74) is -1.67. The number of carboxylic acids is 3. The molecule has 0 saturated carbocycles. The highest BCUT2D eigenvalue weighted by Gasteiger charge is 2.41. The Labute approximate surface area is 235 Å². The molecule has 2 aromatic carbocycles. The number of aliphatic carboxylic acids is 3. The molecule has 4 N–H and O–H groups in total. The first-order valence-electron chi connectivity index (χ1n) is 13.1. The summed E-state index contributed by atoms with van der Waals surface area (Å²) in [5.74, 6) is -4.95. The second-order valence-electron chi connectivity index (χ2n) is 9.91. The lowest BCUT2D eigenvalue weighted by Crippen LogP contribution is -2.42. The minimum Gasteiger partial charge on any atom is -0.481 e. The van der Waals surface area contributed by atoms with Crippen LogP contribution in [0, 0.1) is 5.92 Å². The number of nitrogens with zero attached hydrogens (tertiary/aromatic N) is 1. The van der Waals surface area contributed by atoms with Gasteiger partial charge in [0.1, 0.15) is 11.5 Å². The lowest BCUT2D eigenvalue weighted by atomic mass is 9.76. The van der Waals surface area contributed by atoms with Crippen LogP contribution in [0.1, 0.15) is 58.6 Å². The van der Waals surface area contributed by atoms with E-state index in [-0.39, 0.29) is 18.0 Å². The number of carbonyl (C=O) groups is 4. The third-order valence-corrected chi connectivity index (χ3v) is 6.93. The van der Waals surface area contributed by atoms with E-state index in [9.17, 15) is 19.2 Å². The van der Waals surface area contributed by atoms with Crippen molar-refractivity contribution in [3.8, 4) is 0 Å². The summed E-state index contributed by atoms with van der Waals surface area (Å²) in [4.78, 5) is 46.2. The van der Waals surface area contributed by atoms with Crippen molar-refractivity contribution in [3.05, 3.63) is 71.8 Å². The van der Waals surface area contributed by atoms with Gasteiger partial charge in [-0.1, -0.05) is 81.4 Å². The van der Waals surface area contributed by atoms with E-state index >= 15 is 0 Å². The van der Waals surface area contributed by atoms with Gasteiger partial charge in [0.15, 0.2) is 5.60 Å². The van der Waals surface area contributed by atoms with Crippen LogP contribution >= 0.6 is 0 Å². The van der Waals surface area contributed by atoms with Crippen LogP contribution in [0.3, 0.4) is 0 Å². The second kappa shape index (κ2) is 15.7. The van der Waals surface area contributed by atoms with Crippen molar-refractivity contribution in [2.24, 2.45) is 5.92 Å². The monoisotopic (exact) mass is 559 g/mol. The van der Waals surface area contributed by atoms with Gasteiger partial charge in [0.05, 0.1) is 12.8 Å². The molecular weight excluding hydrogens is 518 g/mol. The van der Waals surface area contributed by atoms with Crippen molar-refractivity contribution in [2.45, 2.75) is 64.6 Å². The summed E-state index contributed by atoms with van der Waals surface area (Å²) in [5, 5.41) is 33.8. The molecule has 10 heteroatoms. The number of hydrogen-bond donors (Lipinski definition) is 4. The van der Waals surface area contributed by atoms with Gasteiger partial charge in [-0.05, 0) is 38.1 Å². The highest BCUT2D eigenvalue weighted by Crippen LogP contribution is 2.34. The van der Waals surface area contributed by atoms with E-state index in [2.05, 4.69) is 25.7 Å². The molecule has 0 aliphatic rings. The molecule has 0 aromatic heterocycles. The van der Waals surface area contributed by atoms with Crippen molar-refractivity contribution < 1.29 is 44.3 Å². The topological polar surface area (TPSA) is 162 Å². The molecule has 0 bridgehead atoms. The van der Waals surface area contributed by atoms with Crippen LogP contribution < -0.4 is 0 Å². The summed E-state index contributed by atoms with van der Waals surface area (Å²) >= 11 is 0. The van der Waals surface area contributed by atoms with Gasteiger partial charge in [-0.25, -0.2) is 4.79 Å². The Morgan fingerprint density at radius 1 is 0.800 bits per heavy atom. The second-order valence-corrected chi connectivity index (χ2v) is 9.91. The number of carbonyl (C=O) groups excluding carboxylic acids is 1. The number of benzene rings is 2. The van der Waals surface area contributed by atoms with Gasteiger partial charge in [0, 0.05) is 12.5 Å². The van der Waals surface area contributed by atoms with E-state index in [0.717, 1.165) is 30.8 Å². The molecule has 0 aliphatic heterocycles. The Kier molecular flexibility index (Phi) is 13.5. The number of hydrogen-bond acceptors (Lipinski definition) is 7. The van der Waals surface area contributed by atoms with E-state index in [1.54, 1.807) is 0 Å². The van der Waals surface area contributed by atoms with Crippen molar-refractivity contribution in [1.82, 2.24) is 4.90 Å². The lowest BCUT2D eigenvalue weighted by molar-refractivity contribution is -0.170. The number of aliphatic hydroxyl groups is 1. The van der Waals surface area contributed by atoms with Crippen LogP contribution in [0.15, 0.2) is 60.7 Å². The van der Waals surface area contributed by atoms with Crippen molar-refractivity contribution in [1.29, 1.82) is 0 Å². The summed E-state index contributed by atoms with van der Waals surface area (Å²) in [6.45, 7) is 13.4. The molecule has 0 heterocycles. The average Bonchev–Trinajstić information content (AvgIpc) is 2.91. The predicted octanol–water partition coefficient (Wildman–Crippen LogP) is 3.65. The Morgan fingerprint density at radius 2 is 1.20 bits per heavy atom. The Balaban J connectivity index is 0.000000520. The Hall–Kier alpha value is -3.76. The molecule has 2 aromatic rings. The molecule has 0 fully saturated rings. The van der Waals surface area contributed by atoms with E-state index in [1.165, 1.54) is 0 Å². The lowest BCUT2D eigenvalue weighted by Gasteiger charge is -2.32. The van der Waals surface area contributed by atoms with Gasteiger partial charge in [-0.2, -0.15) is 0 Å². The molecule has 0 aliphatic carbocycles. The molecule has 10 nitrogen and oxygen atoms in total. The zero-order chi connectivity index (χ0) is 30.5. The SMILES string of the molecule is CCN(CC)CC(C)C(C)OC(=O)C(C)(c1ccccc1)c1ccccc1.O=C(O)CC(O)(CC(=O)O)C(=O)O. The molecule has 0 radical (unpaired) electrons. The van der Waals surface area contributed by atoms with Gasteiger partial charge in [-0.3, -0.25) is 14.4 Å². The van der Waals surface area contributed by atoms with Gasteiger partial charge < -0.3 is 30.1 Å². The minimum absolute atomic E-state index is 0.148. The predicted molar refractivity (Wildman–Crippen MR) is 149 cm³/mol.